The maximum atomic E-state index is 16.4. The van der Waals surface area contributed by atoms with Crippen LogP contribution in [0.25, 0.3) is 0 Å². The van der Waals surface area contributed by atoms with Gasteiger partial charge >= 0.3 is 0 Å². The van der Waals surface area contributed by atoms with Crippen LogP contribution in [-0.2, 0) is 29.3 Å². The Morgan fingerprint density at radius 2 is 1.64 bits per heavy atom. The lowest BCUT2D eigenvalue weighted by atomic mass is 9.59. The highest BCUT2D eigenvalue weighted by Gasteiger charge is 2.65. The second-order valence-electron chi connectivity index (χ2n) is 18.9. The van der Waals surface area contributed by atoms with Crippen LogP contribution in [0, 0.1) is 34.3 Å². The van der Waals surface area contributed by atoms with E-state index in [9.17, 15) is 34.0 Å². The van der Waals surface area contributed by atoms with E-state index >= 15 is 8.78 Å². The van der Waals surface area contributed by atoms with E-state index in [2.05, 4.69) is 27.3 Å². The Labute approximate surface area is 425 Å². The Kier molecular flexibility index (Phi) is 16.4. The quantitative estimate of drug-likeness (QED) is 0.0581. The topological polar surface area (TPSA) is 208 Å². The molecule has 2 fully saturated rings. The Morgan fingerprint density at radius 1 is 0.931 bits per heavy atom. The number of nitrogens with zero attached hydrogens (tertiary/aromatic N) is 3. The smallest absolute Gasteiger partial charge is 0.264 e. The summed E-state index contributed by atoms with van der Waals surface area (Å²) in [5.74, 6) is -6.65. The third kappa shape index (κ3) is 10.4. The number of nitriles is 1. The van der Waals surface area contributed by atoms with Gasteiger partial charge in [-0.2, -0.15) is 5.26 Å². The second-order valence-corrected chi connectivity index (χ2v) is 19.8. The number of likely N-dealkylation sites (tertiary alicyclic amines) is 1. The van der Waals surface area contributed by atoms with E-state index in [4.69, 9.17) is 37.4 Å². The zero-order valence-electron chi connectivity index (χ0n) is 40.5. The predicted octanol–water partition coefficient (Wildman–Crippen LogP) is 7.11. The number of ether oxygens (including phenoxy) is 3. The van der Waals surface area contributed by atoms with Crippen molar-refractivity contribution >= 4 is 70.0 Å². The Morgan fingerprint density at radius 3 is 2.31 bits per heavy atom. The maximum Gasteiger partial charge on any atom is 0.264 e. The molecule has 3 aliphatic heterocycles. The van der Waals surface area contributed by atoms with Gasteiger partial charge in [-0.15, -0.1) is 0 Å². The van der Waals surface area contributed by atoms with Gasteiger partial charge in [-0.3, -0.25) is 43.9 Å². The van der Waals surface area contributed by atoms with Crippen molar-refractivity contribution in [3.8, 4) is 11.8 Å². The number of methoxy groups -OCH3 is 1. The van der Waals surface area contributed by atoms with Crippen molar-refractivity contribution in [3.05, 3.63) is 122 Å². The number of nitrogens with one attached hydrogen (secondary N) is 4. The zero-order chi connectivity index (χ0) is 52.2. The summed E-state index contributed by atoms with van der Waals surface area (Å²) in [6, 6.07) is 16.7. The summed E-state index contributed by atoms with van der Waals surface area (Å²) in [6.45, 7) is 9.05. The molecule has 0 bridgehead atoms. The average Bonchev–Trinajstić information content (AvgIpc) is 3.75. The van der Waals surface area contributed by atoms with Crippen LogP contribution in [0.2, 0.25) is 10.0 Å². The van der Waals surface area contributed by atoms with Crippen LogP contribution in [-0.4, -0.2) is 117 Å². The van der Waals surface area contributed by atoms with E-state index in [1.54, 1.807) is 24.1 Å². The molecule has 380 valence electrons. The van der Waals surface area contributed by atoms with Gasteiger partial charge in [-0.1, -0.05) is 75.2 Å². The molecular weight excluding hydrogens is 976 g/mol. The number of amides is 6. The standard InChI is InChI=1S/C52H55Cl2F2N7O9/c1-28(51(2,3)4)45-52(27-57,33-15-14-30(53)26-35(33)55)42(32-10-7-11-34(54)43(32)56)44(62(45)5)48(67)60-36-16-13-29(25-39(36)70-6)46(65)59-20-22-72-24-23-71-21-19-58-37-12-8-9-31-41(37)50(69)63(49(31)68)38-17-18-40(64)61-47(38)66/h7-16,25-26,28,38,42,44-45,58H,17-24H2,1-6H3,(H,59,65)(H,60,67)(H,61,64,66)/t28?,38?,42-,44+,45-,52+/m0/s1. The molecule has 3 heterocycles. The molecule has 72 heavy (non-hydrogen) atoms. The minimum Gasteiger partial charge on any atom is -0.495 e. The van der Waals surface area contributed by atoms with Crippen molar-refractivity contribution in [2.24, 2.45) is 11.3 Å². The molecule has 4 aromatic rings. The maximum absolute atomic E-state index is 16.4. The number of hydrogen-bond donors (Lipinski definition) is 4. The lowest BCUT2D eigenvalue weighted by Crippen LogP contribution is -2.54. The number of benzene rings is 4. The molecule has 3 aliphatic rings. The number of anilines is 2. The van der Waals surface area contributed by atoms with Crippen molar-refractivity contribution in [2.75, 3.05) is 64.3 Å². The summed E-state index contributed by atoms with van der Waals surface area (Å²) in [4.78, 5) is 81.2. The minimum atomic E-state index is -1.85. The molecule has 4 N–H and O–H groups in total. The van der Waals surface area contributed by atoms with Gasteiger partial charge in [0.2, 0.25) is 17.7 Å². The highest BCUT2D eigenvalue weighted by Crippen LogP contribution is 2.58. The van der Waals surface area contributed by atoms with Crippen LogP contribution in [0.5, 0.6) is 5.75 Å². The first-order valence-corrected chi connectivity index (χ1v) is 24.1. The van der Waals surface area contributed by atoms with E-state index in [1.165, 1.54) is 61.7 Å². The van der Waals surface area contributed by atoms with Crippen molar-refractivity contribution in [2.45, 2.75) is 70.0 Å². The molecule has 0 saturated carbocycles. The fourth-order valence-electron chi connectivity index (χ4n) is 9.97. The molecule has 2 saturated heterocycles. The fraction of sp³-hybridized carbons (Fsp3) is 0.404. The molecule has 7 rings (SSSR count). The van der Waals surface area contributed by atoms with Crippen LogP contribution in [0.1, 0.15) is 88.7 Å². The van der Waals surface area contributed by atoms with Gasteiger partial charge in [-0.25, -0.2) is 8.78 Å². The predicted molar refractivity (Wildman–Crippen MR) is 264 cm³/mol. The summed E-state index contributed by atoms with van der Waals surface area (Å²) in [5.41, 5.74) is -1.34. The molecule has 20 heteroatoms. The lowest BCUT2D eigenvalue weighted by Gasteiger charge is -2.43. The number of carbonyl (C=O) groups excluding carboxylic acids is 6. The third-order valence-electron chi connectivity index (χ3n) is 13.8. The molecule has 0 radical (unpaired) electrons. The van der Waals surface area contributed by atoms with Gasteiger partial charge in [0, 0.05) is 53.3 Å². The number of halogens is 4. The second kappa shape index (κ2) is 22.1. The van der Waals surface area contributed by atoms with Crippen LogP contribution in [0.4, 0.5) is 20.2 Å². The Balaban J connectivity index is 0.948. The molecule has 6 atom stereocenters. The molecular formula is C52H55Cl2F2N7O9. The summed E-state index contributed by atoms with van der Waals surface area (Å²) in [7, 11) is 3.03. The van der Waals surface area contributed by atoms with Crippen LogP contribution < -0.4 is 26.0 Å². The van der Waals surface area contributed by atoms with E-state index < -0.39 is 82.0 Å². The van der Waals surface area contributed by atoms with Gasteiger partial charge < -0.3 is 30.2 Å². The first-order valence-electron chi connectivity index (χ1n) is 23.3. The van der Waals surface area contributed by atoms with E-state index in [-0.39, 0.29) is 108 Å². The summed E-state index contributed by atoms with van der Waals surface area (Å²) in [6.07, 6.45) is 0.0725. The monoisotopic (exact) mass is 1030 g/mol. The van der Waals surface area contributed by atoms with Crippen LogP contribution >= 0.6 is 23.2 Å². The van der Waals surface area contributed by atoms with Crippen molar-refractivity contribution in [1.82, 2.24) is 20.4 Å². The number of hydrogen-bond acceptors (Lipinski definition) is 12. The fourth-order valence-corrected chi connectivity index (χ4v) is 10.3. The van der Waals surface area contributed by atoms with Gasteiger partial charge in [0.15, 0.2) is 0 Å². The van der Waals surface area contributed by atoms with Crippen molar-refractivity contribution < 1.29 is 51.8 Å². The number of carbonyl (C=O) groups is 6. The largest absolute Gasteiger partial charge is 0.495 e. The normalized spacial score (nSPS) is 21.5. The SMILES string of the molecule is COc1cc(C(=O)NCCOCCOCCNc2cccc3c2C(=O)N(C2CCC(=O)NC2=O)C3=O)ccc1NC(=O)[C@H]1[C@H](c2cccc(Cl)c2F)[C@@](C#N)(c2ccc(Cl)cc2F)[C@H](C(C)C(C)(C)C)N1C. The molecule has 0 aliphatic carbocycles. The zero-order valence-corrected chi connectivity index (χ0v) is 42.0. The number of likely N-dealkylation sites (N-methyl/N-ethyl adjacent to an activating group) is 1. The number of fused-ring (bicyclic) bond motifs is 1. The van der Waals surface area contributed by atoms with Gasteiger partial charge in [0.05, 0.1) is 67.5 Å². The number of imide groups is 2. The van der Waals surface area contributed by atoms with Gasteiger partial charge in [-0.05, 0) is 78.9 Å². The Bertz CT molecular complexity index is 2840. The van der Waals surface area contributed by atoms with Crippen LogP contribution in [0.3, 0.4) is 0 Å². The van der Waals surface area contributed by atoms with Crippen molar-refractivity contribution in [3.63, 3.8) is 0 Å². The molecule has 4 aromatic carbocycles. The lowest BCUT2D eigenvalue weighted by molar-refractivity contribution is -0.136. The average molecular weight is 1030 g/mol. The van der Waals surface area contributed by atoms with Gasteiger partial charge in [0.1, 0.15) is 28.8 Å². The summed E-state index contributed by atoms with van der Waals surface area (Å²) >= 11 is 12.6. The number of piperidine rings is 1. The molecule has 2 unspecified atom stereocenters. The first-order chi connectivity index (χ1) is 34.3. The third-order valence-corrected chi connectivity index (χ3v) is 14.3. The highest BCUT2D eigenvalue weighted by atomic mass is 35.5. The van der Waals surface area contributed by atoms with E-state index in [0.717, 1.165) is 11.0 Å². The molecule has 16 nitrogen and oxygen atoms in total. The van der Waals surface area contributed by atoms with E-state index in [0.29, 0.717) is 5.69 Å². The van der Waals surface area contributed by atoms with Crippen molar-refractivity contribution in [1.29, 1.82) is 5.26 Å². The molecule has 0 aromatic heterocycles. The van der Waals surface area contributed by atoms with Crippen LogP contribution in [0.15, 0.2) is 72.8 Å². The summed E-state index contributed by atoms with van der Waals surface area (Å²) < 4.78 is 49.6. The van der Waals surface area contributed by atoms with E-state index in [1.807, 2.05) is 27.7 Å². The molecule has 0 spiro atoms. The molecule has 6 amide bonds. The highest BCUT2D eigenvalue weighted by molar-refractivity contribution is 6.31. The Hall–Kier alpha value is -6.49. The summed E-state index contributed by atoms with van der Waals surface area (Å²) in [5, 5.41) is 22.2. The first kappa shape index (κ1) is 53.3. The van der Waals surface area contributed by atoms with Gasteiger partial charge in [0.25, 0.3) is 17.7 Å². The minimum absolute atomic E-state index is 0.0193. The number of rotatable bonds is 18.